The van der Waals surface area contributed by atoms with Crippen LogP contribution in [0.25, 0.3) is 11.0 Å². The molecule has 0 saturated heterocycles. The summed E-state index contributed by atoms with van der Waals surface area (Å²) in [6.07, 6.45) is 1.33. The van der Waals surface area contributed by atoms with Crippen LogP contribution in [0.3, 0.4) is 0 Å². The average molecular weight is 492 g/mol. The number of aliphatic carboxylic acids is 1. The van der Waals surface area contributed by atoms with E-state index in [1.807, 2.05) is 0 Å². The summed E-state index contributed by atoms with van der Waals surface area (Å²) >= 11 is 3.27. The van der Waals surface area contributed by atoms with E-state index in [-0.39, 0.29) is 22.9 Å². The zero-order valence-corrected chi connectivity index (χ0v) is 17.4. The van der Waals surface area contributed by atoms with Crippen molar-refractivity contribution in [1.29, 1.82) is 0 Å². The fraction of sp³-hybridized carbons (Fsp3) is 0.105. The maximum absolute atomic E-state index is 12.3. The van der Waals surface area contributed by atoms with Crippen LogP contribution in [0.4, 0.5) is 5.69 Å². The molecule has 160 valence electrons. The molecule has 0 atom stereocenters. The highest BCUT2D eigenvalue weighted by Gasteiger charge is 2.15. The number of methoxy groups -OCH3 is 1. The van der Waals surface area contributed by atoms with Crippen LogP contribution in [0.2, 0.25) is 0 Å². The first-order chi connectivity index (χ1) is 14.8. The molecule has 0 saturated carbocycles. The normalized spacial score (nSPS) is 10.9. The van der Waals surface area contributed by atoms with Gasteiger partial charge >= 0.3 is 11.9 Å². The number of hydrogen-bond acceptors (Lipinski definition) is 8. The summed E-state index contributed by atoms with van der Waals surface area (Å²) in [5, 5.41) is 23.9. The van der Waals surface area contributed by atoms with Gasteiger partial charge in [-0.25, -0.2) is 10.2 Å². The number of amides is 1. The van der Waals surface area contributed by atoms with Gasteiger partial charge in [0.05, 0.1) is 22.7 Å². The molecule has 0 radical (unpaired) electrons. The van der Waals surface area contributed by atoms with E-state index in [1.54, 1.807) is 6.07 Å². The second-order valence-corrected chi connectivity index (χ2v) is 6.86. The van der Waals surface area contributed by atoms with Crippen molar-refractivity contribution in [2.75, 3.05) is 13.7 Å². The molecule has 2 aromatic carbocycles. The number of carboxylic acid groups (broad SMARTS) is 1. The molecule has 3 aromatic rings. The van der Waals surface area contributed by atoms with E-state index in [0.717, 1.165) is 0 Å². The largest absolute Gasteiger partial charge is 0.493 e. The lowest BCUT2D eigenvalue weighted by Crippen LogP contribution is -2.16. The molecule has 1 aromatic heterocycles. The summed E-state index contributed by atoms with van der Waals surface area (Å²) in [6.45, 7) is -0.543. The van der Waals surface area contributed by atoms with Gasteiger partial charge in [-0.1, -0.05) is 0 Å². The van der Waals surface area contributed by atoms with Gasteiger partial charge in [-0.15, -0.1) is 0 Å². The molecular formula is C19H14BrN3O8. The number of benzene rings is 2. The number of nitro groups is 1. The number of carbonyl (C=O) groups is 2. The number of halogens is 1. The van der Waals surface area contributed by atoms with E-state index in [2.05, 4.69) is 26.5 Å². The molecule has 0 aliphatic rings. The standard InChI is InChI=1S/C19H14BrN3O8/c1-29-15-5-10(4-13(20)18(15)30-9-17(24)25)8-21-22-19(26)16-7-11-6-12(23(27)28)2-3-14(11)31-16/h2-8H,9H2,1H3,(H,22,26)(H,24,25)/b21-8-. The Labute approximate surface area is 182 Å². The summed E-state index contributed by atoms with van der Waals surface area (Å²) in [5.41, 5.74) is 3.02. The number of nitro benzene ring substituents is 1. The first kappa shape index (κ1) is 21.8. The fourth-order valence-corrected chi connectivity index (χ4v) is 3.14. The molecule has 0 aliphatic carbocycles. The summed E-state index contributed by atoms with van der Waals surface area (Å²) < 4.78 is 16.2. The zero-order valence-electron chi connectivity index (χ0n) is 15.8. The predicted molar refractivity (Wildman–Crippen MR) is 112 cm³/mol. The van der Waals surface area contributed by atoms with Crippen molar-refractivity contribution >= 4 is 50.7 Å². The van der Waals surface area contributed by atoms with E-state index >= 15 is 0 Å². The van der Waals surface area contributed by atoms with Gasteiger partial charge in [0.15, 0.2) is 23.9 Å². The Morgan fingerprint density at radius 2 is 2.10 bits per heavy atom. The van der Waals surface area contributed by atoms with E-state index in [9.17, 15) is 19.7 Å². The number of nitrogens with zero attached hydrogens (tertiary/aromatic N) is 2. The second kappa shape index (κ2) is 9.26. The molecule has 11 nitrogen and oxygen atoms in total. The third-order valence-corrected chi connectivity index (χ3v) is 4.49. The van der Waals surface area contributed by atoms with Crippen molar-refractivity contribution < 1.29 is 33.5 Å². The van der Waals surface area contributed by atoms with Gasteiger partial charge in [0.2, 0.25) is 0 Å². The highest BCUT2D eigenvalue weighted by atomic mass is 79.9. The number of carboxylic acids is 1. The van der Waals surface area contributed by atoms with Crippen LogP contribution in [0.15, 0.2) is 50.4 Å². The number of non-ortho nitro benzene ring substituents is 1. The van der Waals surface area contributed by atoms with Gasteiger partial charge < -0.3 is 19.0 Å². The van der Waals surface area contributed by atoms with Gasteiger partial charge in [0.1, 0.15) is 5.58 Å². The molecule has 0 unspecified atom stereocenters. The van der Waals surface area contributed by atoms with Gasteiger partial charge in [-0.2, -0.15) is 5.10 Å². The van der Waals surface area contributed by atoms with Crippen LogP contribution >= 0.6 is 15.9 Å². The number of hydrogen-bond donors (Lipinski definition) is 2. The van der Waals surface area contributed by atoms with Crippen molar-refractivity contribution in [3.63, 3.8) is 0 Å². The number of furan rings is 1. The highest BCUT2D eigenvalue weighted by molar-refractivity contribution is 9.10. The van der Waals surface area contributed by atoms with E-state index in [4.69, 9.17) is 19.0 Å². The topological polar surface area (TPSA) is 154 Å². The second-order valence-electron chi connectivity index (χ2n) is 6.01. The smallest absolute Gasteiger partial charge is 0.341 e. The Kier molecular flexibility index (Phi) is 6.50. The van der Waals surface area contributed by atoms with Gasteiger partial charge in [0, 0.05) is 17.5 Å². The Bertz CT molecular complexity index is 1200. The minimum atomic E-state index is -1.14. The van der Waals surface area contributed by atoms with Crippen LogP contribution in [0.5, 0.6) is 11.5 Å². The van der Waals surface area contributed by atoms with E-state index in [0.29, 0.717) is 21.0 Å². The molecule has 1 amide bonds. The summed E-state index contributed by atoms with van der Waals surface area (Å²) in [6, 6.07) is 8.50. The first-order valence-corrected chi connectivity index (χ1v) is 9.31. The van der Waals surface area contributed by atoms with Crippen molar-refractivity contribution in [3.8, 4) is 11.5 Å². The van der Waals surface area contributed by atoms with Gasteiger partial charge in [0.25, 0.3) is 5.69 Å². The van der Waals surface area contributed by atoms with Crippen LogP contribution in [-0.2, 0) is 4.79 Å². The average Bonchev–Trinajstić information content (AvgIpc) is 3.15. The minimum Gasteiger partial charge on any atom is -0.493 e. The lowest BCUT2D eigenvalue weighted by molar-refractivity contribution is -0.384. The van der Waals surface area contributed by atoms with Crippen molar-refractivity contribution in [1.82, 2.24) is 5.43 Å². The maximum atomic E-state index is 12.3. The SMILES string of the molecule is COc1cc(/C=N\NC(=O)c2cc3cc([N+](=O)[O-])ccc3o2)cc(Br)c1OCC(=O)O. The monoisotopic (exact) mass is 491 g/mol. The number of carbonyl (C=O) groups excluding carboxylic acids is 1. The number of nitrogens with one attached hydrogen (secondary N) is 1. The minimum absolute atomic E-state index is 0.0659. The number of rotatable bonds is 8. The molecule has 0 bridgehead atoms. The summed E-state index contributed by atoms with van der Waals surface area (Å²) in [4.78, 5) is 33.3. The number of ether oxygens (including phenoxy) is 2. The first-order valence-electron chi connectivity index (χ1n) is 8.52. The predicted octanol–water partition coefficient (Wildman–Crippen LogP) is 3.34. The van der Waals surface area contributed by atoms with Crippen molar-refractivity contribution in [2.45, 2.75) is 0 Å². The summed E-state index contributed by atoms with van der Waals surface area (Å²) in [7, 11) is 1.39. The van der Waals surface area contributed by atoms with Gasteiger partial charge in [-0.3, -0.25) is 14.9 Å². The Morgan fingerprint density at radius 1 is 1.32 bits per heavy atom. The van der Waals surface area contributed by atoms with E-state index < -0.39 is 23.4 Å². The lowest BCUT2D eigenvalue weighted by atomic mass is 10.2. The van der Waals surface area contributed by atoms with Crippen molar-refractivity contribution in [3.05, 3.63) is 62.3 Å². The third kappa shape index (κ3) is 5.17. The van der Waals surface area contributed by atoms with Crippen LogP contribution < -0.4 is 14.9 Å². The molecule has 3 rings (SSSR count). The lowest BCUT2D eigenvalue weighted by Gasteiger charge is -2.12. The van der Waals surface area contributed by atoms with Crippen molar-refractivity contribution in [2.24, 2.45) is 5.10 Å². The Hall–Kier alpha value is -3.93. The van der Waals surface area contributed by atoms with Crippen LogP contribution in [-0.4, -0.2) is 41.8 Å². The third-order valence-electron chi connectivity index (χ3n) is 3.91. The fourth-order valence-electron chi connectivity index (χ4n) is 2.57. The van der Waals surface area contributed by atoms with Crippen LogP contribution in [0, 0.1) is 10.1 Å². The van der Waals surface area contributed by atoms with Gasteiger partial charge in [-0.05, 0) is 45.8 Å². The molecule has 0 fully saturated rings. The molecule has 2 N–H and O–H groups in total. The Balaban J connectivity index is 1.73. The number of hydrazone groups is 1. The van der Waals surface area contributed by atoms with Crippen LogP contribution in [0.1, 0.15) is 16.1 Å². The zero-order chi connectivity index (χ0) is 22.5. The maximum Gasteiger partial charge on any atom is 0.341 e. The summed E-state index contributed by atoms with van der Waals surface area (Å²) in [5.74, 6) is -1.38. The van der Waals surface area contributed by atoms with E-state index in [1.165, 1.54) is 43.7 Å². The molecule has 12 heteroatoms. The molecule has 0 spiro atoms. The molecule has 31 heavy (non-hydrogen) atoms. The quantitative estimate of drug-likeness (QED) is 0.276. The Morgan fingerprint density at radius 3 is 2.77 bits per heavy atom. The molecule has 0 aliphatic heterocycles. The molecular weight excluding hydrogens is 478 g/mol. The highest BCUT2D eigenvalue weighted by Crippen LogP contribution is 2.36. The number of fused-ring (bicyclic) bond motifs is 1. The molecule has 1 heterocycles.